The van der Waals surface area contributed by atoms with Crippen LogP contribution in [0.4, 0.5) is 5.69 Å². The molecule has 1 heterocycles. The number of benzene rings is 1. The van der Waals surface area contributed by atoms with Crippen molar-refractivity contribution in [2.45, 2.75) is 6.42 Å². The average Bonchev–Trinajstić information content (AvgIpc) is 2.79. The van der Waals surface area contributed by atoms with Gasteiger partial charge < -0.3 is 16.2 Å². The smallest absolute Gasteiger partial charge is 0.115 e. The number of nitrogens with zero attached hydrogens (tertiary/aromatic N) is 2. The van der Waals surface area contributed by atoms with Crippen LogP contribution in [0.2, 0.25) is 0 Å². The first-order valence-electron chi connectivity index (χ1n) is 5.57. The normalized spacial score (nSPS) is 10.4. The lowest BCUT2D eigenvalue weighted by molar-refractivity contribution is 0.475. The lowest BCUT2D eigenvalue weighted by atomic mass is 10.3. The third-order valence-electron chi connectivity index (χ3n) is 2.41. The molecular weight excluding hydrogens is 216 g/mol. The fourth-order valence-electron chi connectivity index (χ4n) is 1.50. The van der Waals surface area contributed by atoms with E-state index in [1.54, 1.807) is 23.0 Å². The molecule has 0 atom stereocenters. The summed E-state index contributed by atoms with van der Waals surface area (Å²) in [5.74, 6) is 0.252. The second-order valence-corrected chi connectivity index (χ2v) is 3.76. The summed E-state index contributed by atoms with van der Waals surface area (Å²) in [4.78, 5) is 0. The molecule has 2 aromatic rings. The quantitative estimate of drug-likeness (QED) is 0.680. The number of anilines is 1. The molecule has 1 aromatic heterocycles. The second kappa shape index (κ2) is 5.36. The molecule has 0 spiro atoms. The maximum absolute atomic E-state index is 9.20. The molecule has 0 aliphatic carbocycles. The molecule has 0 amide bonds. The van der Waals surface area contributed by atoms with E-state index >= 15 is 0 Å². The van der Waals surface area contributed by atoms with Crippen LogP contribution >= 0.6 is 0 Å². The third kappa shape index (κ3) is 2.98. The van der Waals surface area contributed by atoms with Crippen molar-refractivity contribution in [1.82, 2.24) is 9.78 Å². The summed E-state index contributed by atoms with van der Waals surface area (Å²) in [5, 5.41) is 16.7. The number of aromatic nitrogens is 2. The minimum Gasteiger partial charge on any atom is -0.508 e. The molecule has 0 fully saturated rings. The number of hydrogen-bond donors (Lipinski definition) is 3. The van der Waals surface area contributed by atoms with Crippen LogP contribution in [0.1, 0.15) is 6.42 Å². The van der Waals surface area contributed by atoms with Gasteiger partial charge in [0.05, 0.1) is 23.8 Å². The minimum atomic E-state index is 0.252. The topological polar surface area (TPSA) is 76.1 Å². The van der Waals surface area contributed by atoms with Gasteiger partial charge in [0, 0.05) is 6.54 Å². The molecule has 1 aromatic carbocycles. The number of phenolic OH excluding ortho intramolecular Hbond substituents is 1. The van der Waals surface area contributed by atoms with Gasteiger partial charge in [-0.05, 0) is 37.2 Å². The summed E-state index contributed by atoms with van der Waals surface area (Å²) in [7, 11) is 0. The van der Waals surface area contributed by atoms with Gasteiger partial charge in [0.15, 0.2) is 0 Å². The van der Waals surface area contributed by atoms with Crippen LogP contribution in [0.5, 0.6) is 5.75 Å². The number of phenols is 1. The molecule has 90 valence electrons. The monoisotopic (exact) mass is 232 g/mol. The molecular formula is C12H16N4O. The van der Waals surface area contributed by atoms with E-state index in [2.05, 4.69) is 10.4 Å². The first-order chi connectivity index (χ1) is 8.29. The fraction of sp³-hybridized carbons (Fsp3) is 0.250. The average molecular weight is 232 g/mol. The summed E-state index contributed by atoms with van der Waals surface area (Å²) < 4.78 is 1.75. The number of hydrogen-bond acceptors (Lipinski definition) is 4. The summed E-state index contributed by atoms with van der Waals surface area (Å²) >= 11 is 0. The molecule has 0 unspecified atom stereocenters. The lowest BCUT2D eigenvalue weighted by Crippen LogP contribution is -2.07. The van der Waals surface area contributed by atoms with Crippen molar-refractivity contribution in [3.63, 3.8) is 0 Å². The zero-order chi connectivity index (χ0) is 12.1. The molecule has 17 heavy (non-hydrogen) atoms. The van der Waals surface area contributed by atoms with Crippen LogP contribution in [-0.2, 0) is 0 Å². The van der Waals surface area contributed by atoms with E-state index in [1.165, 1.54) is 0 Å². The molecule has 0 radical (unpaired) electrons. The standard InChI is InChI=1S/C12H16N4O/c13-6-1-7-14-10-8-15-16(9-10)11-2-4-12(17)5-3-11/h2-5,8-9,14,17H,1,6-7,13H2. The second-order valence-electron chi connectivity index (χ2n) is 3.76. The van der Waals surface area contributed by atoms with Crippen molar-refractivity contribution in [2.75, 3.05) is 18.4 Å². The fourth-order valence-corrected chi connectivity index (χ4v) is 1.50. The highest BCUT2D eigenvalue weighted by Gasteiger charge is 2.00. The van der Waals surface area contributed by atoms with Gasteiger partial charge in [0.2, 0.25) is 0 Å². The first kappa shape index (κ1) is 11.5. The van der Waals surface area contributed by atoms with Gasteiger partial charge in [-0.15, -0.1) is 0 Å². The summed E-state index contributed by atoms with van der Waals surface area (Å²) in [6.07, 6.45) is 4.61. The van der Waals surface area contributed by atoms with Crippen molar-refractivity contribution >= 4 is 5.69 Å². The third-order valence-corrected chi connectivity index (χ3v) is 2.41. The van der Waals surface area contributed by atoms with Crippen molar-refractivity contribution in [3.05, 3.63) is 36.7 Å². The summed E-state index contributed by atoms with van der Waals surface area (Å²) in [5.41, 5.74) is 7.29. The number of nitrogens with two attached hydrogens (primary N) is 1. The Balaban J connectivity index is 2.04. The van der Waals surface area contributed by atoms with Gasteiger partial charge in [-0.25, -0.2) is 4.68 Å². The van der Waals surface area contributed by atoms with Gasteiger partial charge in [-0.1, -0.05) is 0 Å². The highest BCUT2D eigenvalue weighted by Crippen LogP contribution is 2.15. The van der Waals surface area contributed by atoms with Crippen molar-refractivity contribution in [3.8, 4) is 11.4 Å². The van der Waals surface area contributed by atoms with Gasteiger partial charge in [0.1, 0.15) is 5.75 Å². The number of rotatable bonds is 5. The Labute approximate surface area is 99.9 Å². The zero-order valence-corrected chi connectivity index (χ0v) is 9.50. The van der Waals surface area contributed by atoms with Crippen LogP contribution in [0.15, 0.2) is 36.7 Å². The number of aromatic hydroxyl groups is 1. The van der Waals surface area contributed by atoms with Crippen LogP contribution < -0.4 is 11.1 Å². The predicted octanol–water partition coefficient (Wildman–Crippen LogP) is 1.34. The van der Waals surface area contributed by atoms with Crippen molar-refractivity contribution in [1.29, 1.82) is 0 Å². The molecule has 2 rings (SSSR count). The summed E-state index contributed by atoms with van der Waals surface area (Å²) in [6, 6.07) is 6.90. The highest BCUT2D eigenvalue weighted by atomic mass is 16.3. The van der Waals surface area contributed by atoms with E-state index in [4.69, 9.17) is 5.73 Å². The SMILES string of the molecule is NCCCNc1cnn(-c2ccc(O)cc2)c1. The first-order valence-corrected chi connectivity index (χ1v) is 5.57. The Morgan fingerprint density at radius 1 is 1.29 bits per heavy atom. The maximum atomic E-state index is 9.20. The zero-order valence-electron chi connectivity index (χ0n) is 9.50. The van der Waals surface area contributed by atoms with Gasteiger partial charge in [0.25, 0.3) is 0 Å². The maximum Gasteiger partial charge on any atom is 0.115 e. The van der Waals surface area contributed by atoms with E-state index in [0.29, 0.717) is 6.54 Å². The van der Waals surface area contributed by atoms with E-state index < -0.39 is 0 Å². The van der Waals surface area contributed by atoms with Gasteiger partial charge in [-0.2, -0.15) is 5.10 Å². The molecule has 0 bridgehead atoms. The predicted molar refractivity (Wildman–Crippen MR) is 67.4 cm³/mol. The molecule has 0 saturated carbocycles. The largest absolute Gasteiger partial charge is 0.508 e. The number of nitrogens with one attached hydrogen (secondary N) is 1. The van der Waals surface area contributed by atoms with E-state index in [-0.39, 0.29) is 5.75 Å². The van der Waals surface area contributed by atoms with Gasteiger partial charge >= 0.3 is 0 Å². The van der Waals surface area contributed by atoms with Crippen LogP contribution in [0.3, 0.4) is 0 Å². The molecule has 5 nitrogen and oxygen atoms in total. The van der Waals surface area contributed by atoms with E-state index in [1.807, 2.05) is 18.3 Å². The Morgan fingerprint density at radius 2 is 2.06 bits per heavy atom. The Morgan fingerprint density at radius 3 is 2.76 bits per heavy atom. The minimum absolute atomic E-state index is 0.252. The Bertz CT molecular complexity index is 464. The molecule has 0 aliphatic heterocycles. The Hall–Kier alpha value is -2.01. The van der Waals surface area contributed by atoms with E-state index in [0.717, 1.165) is 24.3 Å². The lowest BCUT2D eigenvalue weighted by Gasteiger charge is -2.02. The van der Waals surface area contributed by atoms with Crippen LogP contribution in [0, 0.1) is 0 Å². The molecule has 0 saturated heterocycles. The molecule has 5 heteroatoms. The highest BCUT2D eigenvalue weighted by molar-refractivity contribution is 5.43. The van der Waals surface area contributed by atoms with E-state index in [9.17, 15) is 5.11 Å². The molecule has 4 N–H and O–H groups in total. The Kier molecular flexibility index (Phi) is 3.62. The van der Waals surface area contributed by atoms with Crippen LogP contribution in [-0.4, -0.2) is 28.0 Å². The van der Waals surface area contributed by atoms with Gasteiger partial charge in [-0.3, -0.25) is 0 Å². The van der Waals surface area contributed by atoms with Crippen molar-refractivity contribution in [2.24, 2.45) is 5.73 Å². The molecule has 0 aliphatic rings. The van der Waals surface area contributed by atoms with Crippen molar-refractivity contribution < 1.29 is 5.11 Å². The van der Waals surface area contributed by atoms with Crippen LogP contribution in [0.25, 0.3) is 5.69 Å². The summed E-state index contributed by atoms with van der Waals surface area (Å²) in [6.45, 7) is 1.52.